The Balaban J connectivity index is 1.66. The van der Waals surface area contributed by atoms with Gasteiger partial charge in [-0.2, -0.15) is 5.10 Å². The lowest BCUT2D eigenvalue weighted by atomic mass is 9.96. The van der Waals surface area contributed by atoms with Gasteiger partial charge < -0.3 is 4.42 Å². The van der Waals surface area contributed by atoms with Crippen LogP contribution in [0.2, 0.25) is 0 Å². The molecule has 0 atom stereocenters. The lowest BCUT2D eigenvalue weighted by Crippen LogP contribution is -2.14. The SMILES string of the molecule is O=C(Cc1ccn(C2CCCCC2)n1)c1ccco1. The van der Waals surface area contributed by atoms with Crippen molar-refractivity contribution in [3.8, 4) is 0 Å². The van der Waals surface area contributed by atoms with Crippen molar-refractivity contribution in [3.63, 3.8) is 0 Å². The van der Waals surface area contributed by atoms with Crippen molar-refractivity contribution >= 4 is 5.78 Å². The molecule has 1 fully saturated rings. The fraction of sp³-hybridized carbons (Fsp3) is 0.467. The van der Waals surface area contributed by atoms with Crippen molar-refractivity contribution in [3.05, 3.63) is 42.1 Å². The number of carbonyl (C=O) groups is 1. The molecule has 0 aliphatic heterocycles. The van der Waals surface area contributed by atoms with Crippen LogP contribution >= 0.6 is 0 Å². The second kappa shape index (κ2) is 5.43. The van der Waals surface area contributed by atoms with Crippen molar-refractivity contribution < 1.29 is 9.21 Å². The van der Waals surface area contributed by atoms with Crippen molar-refractivity contribution in [2.75, 3.05) is 0 Å². The molecular formula is C15H18N2O2. The number of hydrogen-bond acceptors (Lipinski definition) is 3. The zero-order valence-electron chi connectivity index (χ0n) is 10.9. The van der Waals surface area contributed by atoms with E-state index in [0.717, 1.165) is 5.69 Å². The molecule has 0 N–H and O–H groups in total. The first kappa shape index (κ1) is 12.2. The Bertz CT molecular complexity index is 536. The summed E-state index contributed by atoms with van der Waals surface area (Å²) in [5, 5.41) is 4.54. The fourth-order valence-corrected chi connectivity index (χ4v) is 2.71. The predicted molar refractivity (Wildman–Crippen MR) is 71.1 cm³/mol. The molecule has 4 heteroatoms. The molecule has 100 valence electrons. The van der Waals surface area contributed by atoms with Crippen molar-refractivity contribution in [2.45, 2.75) is 44.6 Å². The van der Waals surface area contributed by atoms with Gasteiger partial charge in [-0.15, -0.1) is 0 Å². The van der Waals surface area contributed by atoms with Gasteiger partial charge in [0.1, 0.15) is 0 Å². The highest BCUT2D eigenvalue weighted by atomic mass is 16.3. The number of carbonyl (C=O) groups excluding carboxylic acids is 1. The quantitative estimate of drug-likeness (QED) is 0.789. The zero-order valence-corrected chi connectivity index (χ0v) is 10.9. The van der Waals surface area contributed by atoms with Crippen LogP contribution in [0.5, 0.6) is 0 Å². The summed E-state index contributed by atoms with van der Waals surface area (Å²) >= 11 is 0. The summed E-state index contributed by atoms with van der Waals surface area (Å²) < 4.78 is 7.14. The van der Waals surface area contributed by atoms with Crippen LogP contribution in [0.25, 0.3) is 0 Å². The van der Waals surface area contributed by atoms with Crippen LogP contribution < -0.4 is 0 Å². The Morgan fingerprint density at radius 1 is 1.32 bits per heavy atom. The van der Waals surface area contributed by atoms with E-state index in [-0.39, 0.29) is 5.78 Å². The van der Waals surface area contributed by atoms with Crippen molar-refractivity contribution in [2.24, 2.45) is 0 Å². The van der Waals surface area contributed by atoms with Crippen LogP contribution in [-0.4, -0.2) is 15.6 Å². The summed E-state index contributed by atoms with van der Waals surface area (Å²) in [6, 6.07) is 5.88. The third kappa shape index (κ3) is 2.78. The molecule has 2 aromatic rings. The summed E-state index contributed by atoms with van der Waals surface area (Å²) in [4.78, 5) is 11.9. The van der Waals surface area contributed by atoms with Crippen LogP contribution in [0.4, 0.5) is 0 Å². The van der Waals surface area contributed by atoms with Crippen LogP contribution in [0.3, 0.4) is 0 Å². The van der Waals surface area contributed by atoms with E-state index < -0.39 is 0 Å². The smallest absolute Gasteiger partial charge is 0.203 e. The molecule has 0 bridgehead atoms. The number of nitrogens with zero attached hydrogens (tertiary/aromatic N) is 2. The molecule has 0 unspecified atom stereocenters. The van der Waals surface area contributed by atoms with E-state index >= 15 is 0 Å². The van der Waals surface area contributed by atoms with E-state index in [1.807, 2.05) is 16.9 Å². The molecule has 0 aromatic carbocycles. The van der Waals surface area contributed by atoms with E-state index in [4.69, 9.17) is 4.42 Å². The third-order valence-electron chi connectivity index (χ3n) is 3.75. The number of Topliss-reactive ketones (excluding diaryl/α,β-unsaturated/α-hetero) is 1. The van der Waals surface area contributed by atoms with E-state index in [1.165, 1.54) is 38.4 Å². The second-order valence-corrected chi connectivity index (χ2v) is 5.16. The maximum Gasteiger partial charge on any atom is 0.203 e. The molecule has 2 heterocycles. The largest absolute Gasteiger partial charge is 0.461 e. The molecule has 0 spiro atoms. The van der Waals surface area contributed by atoms with Gasteiger partial charge in [0.05, 0.1) is 24.4 Å². The molecule has 19 heavy (non-hydrogen) atoms. The van der Waals surface area contributed by atoms with Gasteiger partial charge >= 0.3 is 0 Å². The summed E-state index contributed by atoms with van der Waals surface area (Å²) in [6.07, 6.45) is 10.1. The Labute approximate surface area is 112 Å². The Morgan fingerprint density at radius 2 is 2.16 bits per heavy atom. The van der Waals surface area contributed by atoms with Crippen LogP contribution in [0.15, 0.2) is 35.1 Å². The van der Waals surface area contributed by atoms with Gasteiger partial charge in [0, 0.05) is 6.20 Å². The molecular weight excluding hydrogens is 240 g/mol. The molecule has 4 nitrogen and oxygen atoms in total. The lowest BCUT2D eigenvalue weighted by molar-refractivity contribution is 0.0965. The van der Waals surface area contributed by atoms with Gasteiger partial charge in [-0.1, -0.05) is 19.3 Å². The summed E-state index contributed by atoms with van der Waals surface area (Å²) in [5.74, 6) is 0.395. The lowest BCUT2D eigenvalue weighted by Gasteiger charge is -2.21. The first-order valence-corrected chi connectivity index (χ1v) is 6.93. The van der Waals surface area contributed by atoms with E-state index in [0.29, 0.717) is 18.2 Å². The fourth-order valence-electron chi connectivity index (χ4n) is 2.71. The van der Waals surface area contributed by atoms with Gasteiger partial charge in [-0.3, -0.25) is 9.48 Å². The summed E-state index contributed by atoms with van der Waals surface area (Å²) in [5.41, 5.74) is 0.826. The minimum absolute atomic E-state index is 0.0149. The van der Waals surface area contributed by atoms with E-state index in [9.17, 15) is 4.79 Å². The van der Waals surface area contributed by atoms with Crippen LogP contribution in [0.1, 0.15) is 54.4 Å². The average Bonchev–Trinajstić information content (AvgIpc) is 3.11. The van der Waals surface area contributed by atoms with Crippen molar-refractivity contribution in [1.29, 1.82) is 0 Å². The summed E-state index contributed by atoms with van der Waals surface area (Å²) in [6.45, 7) is 0. The zero-order chi connectivity index (χ0) is 13.1. The highest BCUT2D eigenvalue weighted by molar-refractivity contribution is 5.94. The third-order valence-corrected chi connectivity index (χ3v) is 3.75. The van der Waals surface area contributed by atoms with Crippen molar-refractivity contribution in [1.82, 2.24) is 9.78 Å². The molecule has 0 saturated heterocycles. The number of ketones is 1. The topological polar surface area (TPSA) is 48.0 Å². The highest BCUT2D eigenvalue weighted by Crippen LogP contribution is 2.27. The van der Waals surface area contributed by atoms with Gasteiger partial charge in [0.2, 0.25) is 5.78 Å². The van der Waals surface area contributed by atoms with Gasteiger partial charge in [-0.25, -0.2) is 0 Å². The Morgan fingerprint density at radius 3 is 2.89 bits per heavy atom. The first-order chi connectivity index (χ1) is 9.33. The maximum absolute atomic E-state index is 11.9. The second-order valence-electron chi connectivity index (χ2n) is 5.16. The number of furan rings is 1. The molecule has 1 aliphatic carbocycles. The minimum Gasteiger partial charge on any atom is -0.461 e. The molecule has 2 aromatic heterocycles. The Kier molecular flexibility index (Phi) is 3.49. The molecule has 0 amide bonds. The number of aromatic nitrogens is 2. The normalized spacial score (nSPS) is 16.6. The standard InChI is InChI=1S/C15H18N2O2/c18-14(15-7-4-10-19-15)11-12-8-9-17(16-12)13-5-2-1-3-6-13/h4,7-10,13H,1-3,5-6,11H2. The number of rotatable bonds is 4. The maximum atomic E-state index is 11.9. The number of hydrogen-bond donors (Lipinski definition) is 0. The molecule has 1 aliphatic rings. The van der Waals surface area contributed by atoms with Gasteiger partial charge in [-0.05, 0) is 31.0 Å². The minimum atomic E-state index is -0.0149. The van der Waals surface area contributed by atoms with Crippen LogP contribution in [0, 0.1) is 0 Å². The highest BCUT2D eigenvalue weighted by Gasteiger charge is 2.17. The Hall–Kier alpha value is -1.84. The molecule has 3 rings (SSSR count). The molecule has 1 saturated carbocycles. The molecule has 0 radical (unpaired) electrons. The average molecular weight is 258 g/mol. The predicted octanol–water partition coefficient (Wildman–Crippen LogP) is 3.41. The van der Waals surface area contributed by atoms with Gasteiger partial charge in [0.25, 0.3) is 0 Å². The van der Waals surface area contributed by atoms with E-state index in [2.05, 4.69) is 5.10 Å². The summed E-state index contributed by atoms with van der Waals surface area (Å²) in [7, 11) is 0. The van der Waals surface area contributed by atoms with Crippen LogP contribution in [-0.2, 0) is 6.42 Å². The first-order valence-electron chi connectivity index (χ1n) is 6.93. The monoisotopic (exact) mass is 258 g/mol. The van der Waals surface area contributed by atoms with Gasteiger partial charge in [0.15, 0.2) is 5.76 Å². The van der Waals surface area contributed by atoms with E-state index in [1.54, 1.807) is 12.1 Å².